The van der Waals surface area contributed by atoms with Gasteiger partial charge in [-0.15, -0.1) is 11.8 Å². The zero-order valence-corrected chi connectivity index (χ0v) is 13.3. The molecule has 0 fully saturated rings. The van der Waals surface area contributed by atoms with Crippen LogP contribution in [0.15, 0.2) is 53.4 Å². The van der Waals surface area contributed by atoms with Crippen LogP contribution in [0.5, 0.6) is 0 Å². The molecule has 0 aromatic heterocycles. The third-order valence-corrected chi connectivity index (χ3v) is 4.11. The van der Waals surface area contributed by atoms with Gasteiger partial charge in [0.05, 0.1) is 0 Å². The molecule has 0 aliphatic carbocycles. The first-order valence-corrected chi connectivity index (χ1v) is 7.99. The van der Waals surface area contributed by atoms with E-state index in [0.29, 0.717) is 28.4 Å². The molecule has 6 heteroatoms. The van der Waals surface area contributed by atoms with E-state index in [9.17, 15) is 9.59 Å². The fraction of sp³-hybridized carbons (Fsp3) is 0.125. The van der Waals surface area contributed by atoms with Gasteiger partial charge in [0.15, 0.2) is 0 Å². The van der Waals surface area contributed by atoms with Crippen molar-refractivity contribution in [1.29, 1.82) is 0 Å². The molecule has 0 saturated heterocycles. The Morgan fingerprint density at radius 2 is 1.86 bits per heavy atom. The topological polar surface area (TPSA) is 72.2 Å². The molecule has 3 N–H and O–H groups in total. The number of anilines is 1. The molecule has 0 atom stereocenters. The number of hydrogen-bond acceptors (Lipinski definition) is 3. The summed E-state index contributed by atoms with van der Waals surface area (Å²) in [4.78, 5) is 24.0. The Morgan fingerprint density at radius 3 is 2.55 bits per heavy atom. The Morgan fingerprint density at radius 1 is 1.14 bits per heavy atom. The van der Waals surface area contributed by atoms with Crippen LogP contribution >= 0.6 is 23.4 Å². The standard InChI is InChI=1S/C16H15ClN2O2S/c17-12-4-6-14(7-5-12)22-9-8-15(20)19-13-3-1-2-11(10-13)16(18)21/h1-7,10H,8-9H2,(H2,18,21)(H,19,20). The number of nitrogens with one attached hydrogen (secondary N) is 1. The third kappa shape index (κ3) is 5.09. The van der Waals surface area contributed by atoms with E-state index < -0.39 is 5.91 Å². The number of rotatable bonds is 6. The highest BCUT2D eigenvalue weighted by Gasteiger charge is 2.05. The van der Waals surface area contributed by atoms with Crippen LogP contribution in [0.25, 0.3) is 0 Å². The van der Waals surface area contributed by atoms with Crippen LogP contribution < -0.4 is 11.1 Å². The van der Waals surface area contributed by atoms with Crippen LogP contribution in [0, 0.1) is 0 Å². The summed E-state index contributed by atoms with van der Waals surface area (Å²) < 4.78 is 0. The second kappa shape index (κ2) is 7.87. The summed E-state index contributed by atoms with van der Waals surface area (Å²) in [6.45, 7) is 0. The quantitative estimate of drug-likeness (QED) is 0.793. The highest BCUT2D eigenvalue weighted by molar-refractivity contribution is 7.99. The van der Waals surface area contributed by atoms with Crippen LogP contribution in [0.4, 0.5) is 5.69 Å². The lowest BCUT2D eigenvalue weighted by atomic mass is 10.2. The molecule has 2 aromatic rings. The van der Waals surface area contributed by atoms with E-state index in [1.165, 1.54) is 0 Å². The molecule has 114 valence electrons. The van der Waals surface area contributed by atoms with Gasteiger partial charge in [-0.25, -0.2) is 0 Å². The van der Waals surface area contributed by atoms with Crippen LogP contribution in [0.3, 0.4) is 0 Å². The van der Waals surface area contributed by atoms with Crippen LogP contribution in [0.2, 0.25) is 5.02 Å². The first kappa shape index (κ1) is 16.4. The maximum atomic E-state index is 11.9. The highest BCUT2D eigenvalue weighted by atomic mass is 35.5. The number of halogens is 1. The summed E-state index contributed by atoms with van der Waals surface area (Å²) in [5.74, 6) is 0.0284. The SMILES string of the molecule is NC(=O)c1cccc(NC(=O)CCSc2ccc(Cl)cc2)c1. The van der Waals surface area contributed by atoms with Crippen molar-refractivity contribution in [3.05, 3.63) is 59.1 Å². The second-order valence-corrected chi connectivity index (χ2v) is 6.15. The number of carbonyl (C=O) groups excluding carboxylic acids is 2. The van der Waals surface area contributed by atoms with Crippen molar-refractivity contribution in [2.75, 3.05) is 11.1 Å². The minimum Gasteiger partial charge on any atom is -0.366 e. The predicted molar refractivity (Wildman–Crippen MR) is 90.4 cm³/mol. The number of amides is 2. The zero-order chi connectivity index (χ0) is 15.9. The van der Waals surface area contributed by atoms with Gasteiger partial charge in [0.2, 0.25) is 11.8 Å². The van der Waals surface area contributed by atoms with Gasteiger partial charge in [-0.1, -0.05) is 17.7 Å². The smallest absolute Gasteiger partial charge is 0.248 e. The number of benzene rings is 2. The molecular formula is C16H15ClN2O2S. The number of hydrogen-bond donors (Lipinski definition) is 2. The monoisotopic (exact) mass is 334 g/mol. The number of primary amides is 1. The van der Waals surface area contributed by atoms with Gasteiger partial charge in [-0.2, -0.15) is 0 Å². The van der Waals surface area contributed by atoms with Gasteiger partial charge in [-0.05, 0) is 42.5 Å². The van der Waals surface area contributed by atoms with Gasteiger partial charge in [-0.3, -0.25) is 9.59 Å². The van der Waals surface area contributed by atoms with Crippen molar-refractivity contribution in [3.63, 3.8) is 0 Å². The summed E-state index contributed by atoms with van der Waals surface area (Å²) in [6, 6.07) is 14.0. The van der Waals surface area contributed by atoms with E-state index >= 15 is 0 Å². The van der Waals surface area contributed by atoms with Crippen molar-refractivity contribution in [3.8, 4) is 0 Å². The Hall–Kier alpha value is -1.98. The first-order valence-electron chi connectivity index (χ1n) is 6.62. The molecule has 2 aromatic carbocycles. The Labute approximate surface area is 138 Å². The fourth-order valence-electron chi connectivity index (χ4n) is 1.77. The summed E-state index contributed by atoms with van der Waals surface area (Å²) in [5, 5.41) is 3.44. The normalized spacial score (nSPS) is 10.2. The zero-order valence-electron chi connectivity index (χ0n) is 11.7. The van der Waals surface area contributed by atoms with Gasteiger partial charge in [0.1, 0.15) is 0 Å². The Kier molecular flexibility index (Phi) is 5.86. The molecular weight excluding hydrogens is 320 g/mol. The van der Waals surface area contributed by atoms with E-state index in [-0.39, 0.29) is 5.91 Å². The van der Waals surface area contributed by atoms with E-state index in [0.717, 1.165) is 4.90 Å². The van der Waals surface area contributed by atoms with E-state index in [2.05, 4.69) is 5.32 Å². The maximum Gasteiger partial charge on any atom is 0.248 e. The average molecular weight is 335 g/mol. The lowest BCUT2D eigenvalue weighted by Gasteiger charge is -2.06. The lowest BCUT2D eigenvalue weighted by Crippen LogP contribution is -2.14. The summed E-state index contributed by atoms with van der Waals surface area (Å²) in [7, 11) is 0. The van der Waals surface area contributed by atoms with Crippen molar-refractivity contribution >= 4 is 40.9 Å². The van der Waals surface area contributed by atoms with Gasteiger partial charge < -0.3 is 11.1 Å². The molecule has 4 nitrogen and oxygen atoms in total. The average Bonchev–Trinajstić information content (AvgIpc) is 2.49. The van der Waals surface area contributed by atoms with Crippen molar-refractivity contribution < 1.29 is 9.59 Å². The Balaban J connectivity index is 1.81. The number of carbonyl (C=O) groups is 2. The minimum absolute atomic E-state index is 0.108. The highest BCUT2D eigenvalue weighted by Crippen LogP contribution is 2.21. The van der Waals surface area contributed by atoms with E-state index in [4.69, 9.17) is 17.3 Å². The van der Waals surface area contributed by atoms with Gasteiger partial charge in [0, 0.05) is 33.3 Å². The molecule has 22 heavy (non-hydrogen) atoms. The molecule has 2 amide bonds. The van der Waals surface area contributed by atoms with Crippen LogP contribution in [-0.4, -0.2) is 17.6 Å². The summed E-state index contributed by atoms with van der Waals surface area (Å²) >= 11 is 7.40. The minimum atomic E-state index is -0.519. The van der Waals surface area contributed by atoms with Crippen molar-refractivity contribution in [1.82, 2.24) is 0 Å². The van der Waals surface area contributed by atoms with Crippen LogP contribution in [0.1, 0.15) is 16.8 Å². The molecule has 0 bridgehead atoms. The number of thioether (sulfide) groups is 1. The van der Waals surface area contributed by atoms with E-state index in [1.54, 1.807) is 36.0 Å². The Bertz CT molecular complexity index is 674. The molecule has 0 saturated carbocycles. The molecule has 2 rings (SSSR count). The van der Waals surface area contributed by atoms with Crippen LogP contribution in [-0.2, 0) is 4.79 Å². The molecule has 0 aliphatic heterocycles. The predicted octanol–water partition coefficient (Wildman–Crippen LogP) is 3.56. The lowest BCUT2D eigenvalue weighted by molar-refractivity contribution is -0.115. The third-order valence-electron chi connectivity index (χ3n) is 2.84. The summed E-state index contributed by atoms with van der Waals surface area (Å²) in [6.07, 6.45) is 0.369. The van der Waals surface area contributed by atoms with Crippen molar-refractivity contribution in [2.24, 2.45) is 5.73 Å². The van der Waals surface area contributed by atoms with Gasteiger partial charge >= 0.3 is 0 Å². The van der Waals surface area contributed by atoms with E-state index in [1.807, 2.05) is 24.3 Å². The molecule has 0 radical (unpaired) electrons. The van der Waals surface area contributed by atoms with Crippen molar-refractivity contribution in [2.45, 2.75) is 11.3 Å². The molecule has 0 unspecified atom stereocenters. The largest absolute Gasteiger partial charge is 0.366 e. The fourth-order valence-corrected chi connectivity index (χ4v) is 2.74. The first-order chi connectivity index (χ1) is 10.5. The maximum absolute atomic E-state index is 11.9. The van der Waals surface area contributed by atoms with Gasteiger partial charge in [0.25, 0.3) is 0 Å². The number of nitrogens with two attached hydrogens (primary N) is 1. The molecule has 0 heterocycles. The second-order valence-electron chi connectivity index (χ2n) is 4.55. The molecule has 0 aliphatic rings. The molecule has 0 spiro atoms. The summed E-state index contributed by atoms with van der Waals surface area (Å²) in [5.41, 5.74) is 6.14.